The Morgan fingerprint density at radius 2 is 1.57 bits per heavy atom. The lowest BCUT2D eigenvalue weighted by molar-refractivity contribution is -0.226. The Labute approximate surface area is 143 Å². The van der Waals surface area contributed by atoms with Crippen molar-refractivity contribution in [2.45, 2.75) is 102 Å². The fraction of sp³-hybridized carbons (Fsp3) is 1.00. The minimum Gasteiger partial charge on any atom is -0.413 e. The van der Waals surface area contributed by atoms with Crippen molar-refractivity contribution >= 4 is 8.32 Å². The lowest BCUT2D eigenvalue weighted by Crippen LogP contribution is -2.56. The topological polar surface area (TPSA) is 27.7 Å². The molecule has 0 aromatic carbocycles. The van der Waals surface area contributed by atoms with Gasteiger partial charge < -0.3 is 13.9 Å². The predicted octanol–water partition coefficient (Wildman–Crippen LogP) is 5.25. The van der Waals surface area contributed by atoms with Crippen LogP contribution in [0.3, 0.4) is 0 Å². The van der Waals surface area contributed by atoms with E-state index < -0.39 is 8.32 Å². The third-order valence-corrected chi connectivity index (χ3v) is 11.5. The molecule has 0 N–H and O–H groups in total. The minimum absolute atomic E-state index is 0.276. The van der Waals surface area contributed by atoms with Crippen LogP contribution in [0.2, 0.25) is 18.1 Å². The van der Waals surface area contributed by atoms with Gasteiger partial charge in [0.2, 0.25) is 0 Å². The number of ether oxygens (including phenoxy) is 2. The Hall–Kier alpha value is 0.0969. The maximum atomic E-state index is 6.97. The highest BCUT2D eigenvalue weighted by Crippen LogP contribution is 2.55. The molecule has 0 aromatic rings. The third kappa shape index (κ3) is 3.42. The van der Waals surface area contributed by atoms with Crippen molar-refractivity contribution in [3.8, 4) is 0 Å². The largest absolute Gasteiger partial charge is 0.413 e. The minimum atomic E-state index is -1.74. The van der Waals surface area contributed by atoms with Crippen molar-refractivity contribution in [1.82, 2.24) is 0 Å². The molecule has 3 nitrogen and oxygen atoms in total. The lowest BCUT2D eigenvalue weighted by atomic mass is 9.62. The Kier molecular flexibility index (Phi) is 4.76. The van der Waals surface area contributed by atoms with Gasteiger partial charge in [-0.25, -0.2) is 0 Å². The van der Waals surface area contributed by atoms with Gasteiger partial charge in [-0.1, -0.05) is 40.0 Å². The fourth-order valence-electron chi connectivity index (χ4n) is 4.61. The van der Waals surface area contributed by atoms with Crippen LogP contribution in [-0.2, 0) is 13.9 Å². The standard InChI is InChI=1S/C19H36O3Si/c1-17(2,3)23(4,5)22-16-9-12-19(20-13-14-21-19)15-18(16)10-7-6-8-11-18/h16H,6-15H2,1-5H3. The van der Waals surface area contributed by atoms with E-state index in [0.717, 1.165) is 32.5 Å². The van der Waals surface area contributed by atoms with Gasteiger partial charge in [-0.2, -0.15) is 0 Å². The van der Waals surface area contributed by atoms with Gasteiger partial charge in [0.05, 0.1) is 19.3 Å². The molecule has 3 fully saturated rings. The molecule has 2 spiro atoms. The molecule has 23 heavy (non-hydrogen) atoms. The average molecular weight is 341 g/mol. The van der Waals surface area contributed by atoms with Gasteiger partial charge in [-0.3, -0.25) is 0 Å². The monoisotopic (exact) mass is 340 g/mol. The molecular formula is C19H36O3Si. The zero-order valence-corrected chi connectivity index (χ0v) is 16.9. The van der Waals surface area contributed by atoms with Gasteiger partial charge in [0.25, 0.3) is 0 Å². The molecule has 134 valence electrons. The van der Waals surface area contributed by atoms with Crippen LogP contribution in [0.4, 0.5) is 0 Å². The number of hydrogen-bond donors (Lipinski definition) is 0. The van der Waals surface area contributed by atoms with Crippen LogP contribution in [0.5, 0.6) is 0 Å². The Balaban J connectivity index is 1.81. The normalized spacial score (nSPS) is 30.9. The van der Waals surface area contributed by atoms with Crippen LogP contribution in [-0.4, -0.2) is 33.4 Å². The Morgan fingerprint density at radius 1 is 0.957 bits per heavy atom. The highest BCUT2D eigenvalue weighted by molar-refractivity contribution is 6.74. The summed E-state index contributed by atoms with van der Waals surface area (Å²) in [6.45, 7) is 13.4. The van der Waals surface area contributed by atoms with E-state index >= 15 is 0 Å². The van der Waals surface area contributed by atoms with Crippen LogP contribution >= 0.6 is 0 Å². The first-order valence-corrected chi connectivity index (χ1v) is 12.5. The van der Waals surface area contributed by atoms with Gasteiger partial charge >= 0.3 is 0 Å². The van der Waals surface area contributed by atoms with E-state index in [-0.39, 0.29) is 16.2 Å². The molecule has 0 radical (unpaired) electrons. The summed E-state index contributed by atoms with van der Waals surface area (Å²) in [5.74, 6) is -0.287. The summed E-state index contributed by atoms with van der Waals surface area (Å²) in [5.41, 5.74) is 0.288. The van der Waals surface area contributed by atoms with Crippen molar-refractivity contribution in [2.75, 3.05) is 13.2 Å². The van der Waals surface area contributed by atoms with Crippen molar-refractivity contribution in [3.63, 3.8) is 0 Å². The first-order valence-electron chi connectivity index (χ1n) is 9.64. The van der Waals surface area contributed by atoms with Gasteiger partial charge in [0.15, 0.2) is 14.1 Å². The SMILES string of the molecule is CC(C)(C)[Si](C)(C)OC1CCC2(CC13CCCCC3)OCCO2. The first kappa shape index (κ1) is 17.9. The fourth-order valence-corrected chi connectivity index (χ4v) is 6.04. The maximum Gasteiger partial charge on any atom is 0.192 e. The van der Waals surface area contributed by atoms with E-state index in [2.05, 4.69) is 33.9 Å². The Bertz CT molecular complexity index is 415. The molecule has 1 atom stereocenters. The zero-order valence-electron chi connectivity index (χ0n) is 15.9. The second kappa shape index (κ2) is 6.12. The van der Waals surface area contributed by atoms with Crippen molar-refractivity contribution in [1.29, 1.82) is 0 Å². The predicted molar refractivity (Wildman–Crippen MR) is 96.1 cm³/mol. The molecule has 1 saturated heterocycles. The molecule has 1 heterocycles. The summed E-state index contributed by atoms with van der Waals surface area (Å²) < 4.78 is 19.1. The van der Waals surface area contributed by atoms with Crippen LogP contribution in [0.1, 0.15) is 72.1 Å². The molecular weight excluding hydrogens is 304 g/mol. The molecule has 3 rings (SSSR count). The molecule has 1 aliphatic heterocycles. The average Bonchev–Trinajstić information content (AvgIpc) is 2.90. The highest BCUT2D eigenvalue weighted by Gasteiger charge is 2.55. The number of hydrogen-bond acceptors (Lipinski definition) is 3. The van der Waals surface area contributed by atoms with E-state index in [9.17, 15) is 0 Å². The second-order valence-corrected chi connectivity index (χ2v) is 14.4. The third-order valence-electron chi connectivity index (χ3n) is 7.00. The molecule has 2 saturated carbocycles. The molecule has 2 aliphatic carbocycles. The second-order valence-electron chi connectivity index (χ2n) is 9.61. The van der Waals surface area contributed by atoms with Gasteiger partial charge in [0.1, 0.15) is 0 Å². The van der Waals surface area contributed by atoms with Crippen LogP contribution in [0.15, 0.2) is 0 Å². The van der Waals surface area contributed by atoms with Crippen LogP contribution in [0, 0.1) is 5.41 Å². The van der Waals surface area contributed by atoms with Gasteiger partial charge in [-0.05, 0) is 37.4 Å². The lowest BCUT2D eigenvalue weighted by Gasteiger charge is -2.54. The zero-order chi connectivity index (χ0) is 16.8. The van der Waals surface area contributed by atoms with Gasteiger partial charge in [-0.15, -0.1) is 0 Å². The van der Waals surface area contributed by atoms with Gasteiger partial charge in [0, 0.05) is 18.3 Å². The summed E-state index contributed by atoms with van der Waals surface area (Å²) in [6.07, 6.45) is 10.2. The first-order chi connectivity index (χ1) is 10.7. The van der Waals surface area contributed by atoms with E-state index in [1.807, 2.05) is 0 Å². The summed E-state index contributed by atoms with van der Waals surface area (Å²) in [7, 11) is -1.74. The van der Waals surface area contributed by atoms with Crippen molar-refractivity contribution in [2.24, 2.45) is 5.41 Å². The van der Waals surface area contributed by atoms with E-state index in [1.54, 1.807) is 0 Å². The van der Waals surface area contributed by atoms with E-state index in [4.69, 9.17) is 13.9 Å². The molecule has 3 aliphatic rings. The van der Waals surface area contributed by atoms with E-state index in [1.165, 1.54) is 32.1 Å². The van der Waals surface area contributed by atoms with Crippen molar-refractivity contribution < 1.29 is 13.9 Å². The Morgan fingerprint density at radius 3 is 2.13 bits per heavy atom. The molecule has 0 aromatic heterocycles. The summed E-state index contributed by atoms with van der Waals surface area (Å²) >= 11 is 0. The van der Waals surface area contributed by atoms with Crippen molar-refractivity contribution in [3.05, 3.63) is 0 Å². The van der Waals surface area contributed by atoms with E-state index in [0.29, 0.717) is 6.10 Å². The molecule has 4 heteroatoms. The molecule has 0 amide bonds. The smallest absolute Gasteiger partial charge is 0.192 e. The highest BCUT2D eigenvalue weighted by atomic mass is 28.4. The summed E-state index contributed by atoms with van der Waals surface area (Å²) in [6, 6.07) is 0. The summed E-state index contributed by atoms with van der Waals surface area (Å²) in [5, 5.41) is 0.276. The maximum absolute atomic E-state index is 6.97. The molecule has 1 unspecified atom stereocenters. The quantitative estimate of drug-likeness (QED) is 0.642. The molecule has 0 bridgehead atoms. The number of rotatable bonds is 2. The van der Waals surface area contributed by atoms with Crippen LogP contribution < -0.4 is 0 Å². The van der Waals surface area contributed by atoms with Crippen LogP contribution in [0.25, 0.3) is 0 Å². The summed E-state index contributed by atoms with van der Waals surface area (Å²) in [4.78, 5) is 0.